The zero-order valence-electron chi connectivity index (χ0n) is 10.5. The van der Waals surface area contributed by atoms with Gasteiger partial charge in [0, 0.05) is 16.3 Å². The number of anilines is 1. The second-order valence-corrected chi connectivity index (χ2v) is 5.09. The van der Waals surface area contributed by atoms with Crippen molar-refractivity contribution in [3.63, 3.8) is 0 Å². The normalized spacial score (nSPS) is 10.8. The van der Waals surface area contributed by atoms with E-state index in [1.165, 1.54) is 22.9 Å². The van der Waals surface area contributed by atoms with Crippen LogP contribution >= 0.6 is 23.2 Å². The molecule has 0 amide bonds. The first kappa shape index (κ1) is 13.8. The first-order valence-electron chi connectivity index (χ1n) is 5.85. The number of nitrogen functional groups attached to an aromatic ring is 1. The van der Waals surface area contributed by atoms with Gasteiger partial charge in [0.05, 0.1) is 10.7 Å². The number of tetrazole rings is 1. The lowest BCUT2D eigenvalue weighted by Gasteiger charge is -2.07. The van der Waals surface area contributed by atoms with Gasteiger partial charge in [0.1, 0.15) is 5.82 Å². The highest BCUT2D eigenvalue weighted by molar-refractivity contribution is 6.31. The molecule has 8 heteroatoms. The summed E-state index contributed by atoms with van der Waals surface area (Å²) in [7, 11) is 0. The van der Waals surface area contributed by atoms with Crippen molar-refractivity contribution in [2.24, 2.45) is 0 Å². The Morgan fingerprint density at radius 1 is 1.10 bits per heavy atom. The van der Waals surface area contributed by atoms with Gasteiger partial charge < -0.3 is 5.73 Å². The van der Waals surface area contributed by atoms with Crippen LogP contribution in [0.5, 0.6) is 0 Å². The van der Waals surface area contributed by atoms with Crippen LogP contribution in [0.4, 0.5) is 10.1 Å². The van der Waals surface area contributed by atoms with Crippen molar-refractivity contribution >= 4 is 28.9 Å². The lowest BCUT2D eigenvalue weighted by atomic mass is 10.1. The largest absolute Gasteiger partial charge is 0.398 e. The molecule has 1 heterocycles. The molecule has 0 aliphatic rings. The summed E-state index contributed by atoms with van der Waals surface area (Å²) in [6.45, 7) is 0. The number of aromatic nitrogens is 4. The molecule has 0 saturated heterocycles. The predicted molar refractivity (Wildman–Crippen MR) is 79.0 cm³/mol. The number of nitrogens with zero attached hydrogens (tertiary/aromatic N) is 4. The summed E-state index contributed by atoms with van der Waals surface area (Å²) in [5, 5.41) is 12.0. The monoisotopic (exact) mass is 323 g/mol. The molecule has 0 unspecified atom stereocenters. The van der Waals surface area contributed by atoms with Crippen LogP contribution in [0.25, 0.3) is 17.1 Å². The van der Waals surface area contributed by atoms with E-state index in [0.717, 1.165) is 0 Å². The summed E-state index contributed by atoms with van der Waals surface area (Å²) < 4.78 is 14.7. The predicted octanol–water partition coefficient (Wildman–Crippen LogP) is 3.36. The number of benzene rings is 2. The van der Waals surface area contributed by atoms with Gasteiger partial charge in [0.25, 0.3) is 0 Å². The zero-order chi connectivity index (χ0) is 15.0. The molecule has 0 atom stereocenters. The third kappa shape index (κ3) is 2.55. The van der Waals surface area contributed by atoms with Gasteiger partial charge in [-0.1, -0.05) is 23.2 Å². The van der Waals surface area contributed by atoms with Gasteiger partial charge in [-0.05, 0) is 46.8 Å². The maximum Gasteiger partial charge on any atom is 0.189 e. The number of hydrogen-bond acceptors (Lipinski definition) is 4. The number of hydrogen-bond donors (Lipinski definition) is 1. The summed E-state index contributed by atoms with van der Waals surface area (Å²) >= 11 is 11.7. The Morgan fingerprint density at radius 3 is 2.62 bits per heavy atom. The molecule has 0 aliphatic heterocycles. The quantitative estimate of drug-likeness (QED) is 0.734. The Balaban J connectivity index is 2.14. The standard InChI is InChI=1S/C13H8Cl2FN5/c14-7-1-3-9(12(17)5-7)13-18-19-20-21(13)8-2-4-11(16)10(15)6-8/h1-6H,17H2. The van der Waals surface area contributed by atoms with E-state index in [0.29, 0.717) is 27.8 Å². The Morgan fingerprint density at radius 2 is 1.90 bits per heavy atom. The maximum absolute atomic E-state index is 13.2. The van der Waals surface area contributed by atoms with E-state index in [1.807, 2.05) is 0 Å². The molecule has 0 saturated carbocycles. The fraction of sp³-hybridized carbons (Fsp3) is 0. The van der Waals surface area contributed by atoms with E-state index in [-0.39, 0.29) is 5.02 Å². The van der Waals surface area contributed by atoms with Crippen LogP contribution in [0.2, 0.25) is 10.0 Å². The summed E-state index contributed by atoms with van der Waals surface area (Å²) in [5.74, 6) is -0.104. The van der Waals surface area contributed by atoms with Crippen molar-refractivity contribution in [1.82, 2.24) is 20.2 Å². The van der Waals surface area contributed by atoms with Crippen LogP contribution in [0.1, 0.15) is 0 Å². The van der Waals surface area contributed by atoms with Gasteiger partial charge >= 0.3 is 0 Å². The molecule has 0 radical (unpaired) electrons. The molecule has 21 heavy (non-hydrogen) atoms. The van der Waals surface area contributed by atoms with E-state index >= 15 is 0 Å². The van der Waals surface area contributed by atoms with Gasteiger partial charge in [-0.2, -0.15) is 4.68 Å². The van der Waals surface area contributed by atoms with Crippen LogP contribution in [0.15, 0.2) is 36.4 Å². The third-order valence-electron chi connectivity index (χ3n) is 2.87. The molecule has 0 spiro atoms. The smallest absolute Gasteiger partial charge is 0.189 e. The fourth-order valence-corrected chi connectivity index (χ4v) is 2.24. The Bertz CT molecular complexity index is 818. The summed E-state index contributed by atoms with van der Waals surface area (Å²) in [4.78, 5) is 0. The van der Waals surface area contributed by atoms with E-state index < -0.39 is 5.82 Å². The molecule has 0 aliphatic carbocycles. The highest BCUT2D eigenvalue weighted by Crippen LogP contribution is 2.28. The molecule has 3 rings (SSSR count). The summed E-state index contributed by atoms with van der Waals surface area (Å²) in [6, 6.07) is 9.20. The van der Waals surface area contributed by atoms with Crippen molar-refractivity contribution in [2.45, 2.75) is 0 Å². The minimum absolute atomic E-state index is 0.0157. The number of halogens is 3. The van der Waals surface area contributed by atoms with Gasteiger partial charge in [-0.25, -0.2) is 4.39 Å². The first-order valence-corrected chi connectivity index (χ1v) is 6.61. The fourth-order valence-electron chi connectivity index (χ4n) is 1.88. The van der Waals surface area contributed by atoms with Gasteiger partial charge in [-0.15, -0.1) is 5.10 Å². The second kappa shape index (κ2) is 5.31. The highest BCUT2D eigenvalue weighted by atomic mass is 35.5. The third-order valence-corrected chi connectivity index (χ3v) is 3.40. The Labute approximate surface area is 129 Å². The first-order chi connectivity index (χ1) is 10.1. The van der Waals surface area contributed by atoms with Crippen molar-refractivity contribution in [1.29, 1.82) is 0 Å². The average molecular weight is 324 g/mol. The minimum Gasteiger partial charge on any atom is -0.398 e. The van der Waals surface area contributed by atoms with Crippen molar-refractivity contribution in [3.8, 4) is 17.1 Å². The SMILES string of the molecule is Nc1cc(Cl)ccc1-c1nnnn1-c1ccc(F)c(Cl)c1. The average Bonchev–Trinajstić information content (AvgIpc) is 2.91. The van der Waals surface area contributed by atoms with Crippen LogP contribution in [-0.4, -0.2) is 20.2 Å². The van der Waals surface area contributed by atoms with Crippen LogP contribution < -0.4 is 5.73 Å². The maximum atomic E-state index is 13.2. The Hall–Kier alpha value is -2.18. The highest BCUT2D eigenvalue weighted by Gasteiger charge is 2.14. The van der Waals surface area contributed by atoms with Gasteiger partial charge in [0.15, 0.2) is 5.82 Å². The lowest BCUT2D eigenvalue weighted by molar-refractivity contribution is 0.627. The molecule has 2 aromatic carbocycles. The molecule has 106 valence electrons. The molecular formula is C13H8Cl2FN5. The van der Waals surface area contributed by atoms with Crippen molar-refractivity contribution in [2.75, 3.05) is 5.73 Å². The molecular weight excluding hydrogens is 316 g/mol. The molecule has 2 N–H and O–H groups in total. The summed E-state index contributed by atoms with van der Waals surface area (Å²) in [5.41, 5.74) is 7.51. The number of rotatable bonds is 2. The van der Waals surface area contributed by atoms with E-state index in [9.17, 15) is 4.39 Å². The van der Waals surface area contributed by atoms with Crippen LogP contribution in [0.3, 0.4) is 0 Å². The zero-order valence-corrected chi connectivity index (χ0v) is 12.0. The minimum atomic E-state index is -0.513. The van der Waals surface area contributed by atoms with E-state index in [2.05, 4.69) is 15.5 Å². The van der Waals surface area contributed by atoms with E-state index in [4.69, 9.17) is 28.9 Å². The molecule has 1 aromatic heterocycles. The topological polar surface area (TPSA) is 69.6 Å². The number of nitrogens with two attached hydrogens (primary N) is 1. The van der Waals surface area contributed by atoms with Crippen molar-refractivity contribution in [3.05, 3.63) is 52.3 Å². The van der Waals surface area contributed by atoms with Gasteiger partial charge in [0.2, 0.25) is 0 Å². The molecule has 0 bridgehead atoms. The molecule has 3 aromatic rings. The second-order valence-electron chi connectivity index (χ2n) is 4.24. The molecule has 0 fully saturated rings. The van der Waals surface area contributed by atoms with Crippen LogP contribution in [-0.2, 0) is 0 Å². The Kier molecular flexibility index (Phi) is 3.48. The van der Waals surface area contributed by atoms with Crippen LogP contribution in [0, 0.1) is 5.82 Å². The van der Waals surface area contributed by atoms with Gasteiger partial charge in [-0.3, -0.25) is 0 Å². The van der Waals surface area contributed by atoms with E-state index in [1.54, 1.807) is 18.2 Å². The van der Waals surface area contributed by atoms with Crippen molar-refractivity contribution < 1.29 is 4.39 Å². The molecule has 5 nitrogen and oxygen atoms in total. The summed E-state index contributed by atoms with van der Waals surface area (Å²) in [6.07, 6.45) is 0. The lowest BCUT2D eigenvalue weighted by Crippen LogP contribution is -2.02.